The highest BCUT2D eigenvalue weighted by Gasteiger charge is 2.31. The maximum atomic E-state index is 12.1. The van der Waals surface area contributed by atoms with Gasteiger partial charge in [0.05, 0.1) is 11.5 Å². The predicted molar refractivity (Wildman–Crippen MR) is 107 cm³/mol. The number of aromatic nitrogens is 2. The van der Waals surface area contributed by atoms with E-state index in [0.29, 0.717) is 18.8 Å². The van der Waals surface area contributed by atoms with Crippen LogP contribution < -0.4 is 5.56 Å². The predicted octanol–water partition coefficient (Wildman–Crippen LogP) is 2.40. The molecule has 0 saturated carbocycles. The van der Waals surface area contributed by atoms with E-state index < -0.39 is 9.84 Å². The summed E-state index contributed by atoms with van der Waals surface area (Å²) in [5.74, 6) is 1.07. The minimum atomic E-state index is -2.92. The van der Waals surface area contributed by atoms with Gasteiger partial charge in [-0.3, -0.25) is 9.69 Å². The Bertz CT molecular complexity index is 953. The van der Waals surface area contributed by atoms with E-state index in [4.69, 9.17) is 0 Å². The highest BCUT2D eigenvalue weighted by Crippen LogP contribution is 2.25. The first kappa shape index (κ1) is 19.8. The fourth-order valence-electron chi connectivity index (χ4n) is 3.69. The molecule has 1 aromatic heterocycles. The number of sulfone groups is 1. The third kappa shape index (κ3) is 4.84. The number of aromatic amines is 1. The zero-order valence-electron chi connectivity index (χ0n) is 15.9. The molecule has 2 heterocycles. The summed E-state index contributed by atoms with van der Waals surface area (Å²) in [5.41, 5.74) is 2.58. The number of hydrogen-bond donors (Lipinski definition) is 1. The Balaban J connectivity index is 1.91. The molecule has 1 saturated heterocycles. The molecule has 0 aliphatic carbocycles. The van der Waals surface area contributed by atoms with Gasteiger partial charge in [0.1, 0.15) is 5.82 Å². The van der Waals surface area contributed by atoms with E-state index in [2.05, 4.69) is 28.7 Å². The van der Waals surface area contributed by atoms with Crippen LogP contribution in [0, 0.1) is 0 Å². The summed E-state index contributed by atoms with van der Waals surface area (Å²) in [6.45, 7) is 5.52. The Morgan fingerprint density at radius 3 is 2.70 bits per heavy atom. The SMILES string of the molecule is CCCc1cc(=O)[nH]c(-c2ccccc2CN(CC)C2CCS(=O)(=O)C2)n1. The van der Waals surface area contributed by atoms with Gasteiger partial charge in [0.15, 0.2) is 9.84 Å². The molecule has 1 unspecified atom stereocenters. The van der Waals surface area contributed by atoms with Gasteiger partial charge in [-0.15, -0.1) is 0 Å². The number of rotatable bonds is 7. The van der Waals surface area contributed by atoms with Crippen LogP contribution in [0.3, 0.4) is 0 Å². The molecule has 0 spiro atoms. The van der Waals surface area contributed by atoms with Crippen LogP contribution in [0.25, 0.3) is 11.4 Å². The molecule has 0 radical (unpaired) electrons. The molecule has 0 amide bonds. The molecular formula is C20H27N3O3S. The van der Waals surface area contributed by atoms with E-state index in [9.17, 15) is 13.2 Å². The average Bonchev–Trinajstić information content (AvgIpc) is 2.99. The van der Waals surface area contributed by atoms with Crippen molar-refractivity contribution >= 4 is 9.84 Å². The first-order chi connectivity index (χ1) is 12.9. The van der Waals surface area contributed by atoms with Crippen molar-refractivity contribution in [1.82, 2.24) is 14.9 Å². The van der Waals surface area contributed by atoms with Gasteiger partial charge in [-0.25, -0.2) is 13.4 Å². The number of benzene rings is 1. The van der Waals surface area contributed by atoms with Crippen molar-refractivity contribution in [3.05, 3.63) is 51.9 Å². The summed E-state index contributed by atoms with van der Waals surface area (Å²) in [5, 5.41) is 0. The number of nitrogens with zero attached hydrogens (tertiary/aromatic N) is 2. The van der Waals surface area contributed by atoms with Crippen LogP contribution in [-0.2, 0) is 22.8 Å². The highest BCUT2D eigenvalue weighted by atomic mass is 32.2. The van der Waals surface area contributed by atoms with E-state index >= 15 is 0 Å². The van der Waals surface area contributed by atoms with Crippen molar-refractivity contribution in [2.45, 2.75) is 45.7 Å². The summed E-state index contributed by atoms with van der Waals surface area (Å²) >= 11 is 0. The first-order valence-corrected chi connectivity index (χ1v) is 11.4. The lowest BCUT2D eigenvalue weighted by molar-refractivity contribution is 0.215. The number of hydrogen-bond acceptors (Lipinski definition) is 5. The van der Waals surface area contributed by atoms with E-state index in [1.807, 2.05) is 24.3 Å². The maximum absolute atomic E-state index is 12.1. The van der Waals surface area contributed by atoms with Crippen LogP contribution >= 0.6 is 0 Å². The van der Waals surface area contributed by atoms with Gasteiger partial charge in [0.2, 0.25) is 0 Å². The quantitative estimate of drug-likeness (QED) is 0.786. The van der Waals surface area contributed by atoms with Crippen molar-refractivity contribution in [3.63, 3.8) is 0 Å². The average molecular weight is 390 g/mol. The molecule has 7 heteroatoms. The van der Waals surface area contributed by atoms with Crippen LogP contribution in [0.15, 0.2) is 35.1 Å². The van der Waals surface area contributed by atoms with Gasteiger partial charge in [0, 0.05) is 29.9 Å². The molecule has 1 fully saturated rings. The van der Waals surface area contributed by atoms with E-state index in [1.54, 1.807) is 6.07 Å². The summed E-state index contributed by atoms with van der Waals surface area (Å²) < 4.78 is 23.7. The third-order valence-electron chi connectivity index (χ3n) is 5.08. The molecule has 1 aromatic carbocycles. The van der Waals surface area contributed by atoms with Gasteiger partial charge < -0.3 is 4.98 Å². The zero-order chi connectivity index (χ0) is 19.4. The standard InChI is InChI=1S/C20H27N3O3S/c1-3-7-16-12-19(24)22-20(21-16)18-9-6-5-8-15(18)13-23(4-2)17-10-11-27(25,26)14-17/h5-6,8-9,12,17H,3-4,7,10-11,13-14H2,1-2H3,(H,21,22,24). The van der Waals surface area contributed by atoms with Crippen molar-refractivity contribution in [3.8, 4) is 11.4 Å². The first-order valence-electron chi connectivity index (χ1n) is 9.55. The smallest absolute Gasteiger partial charge is 0.251 e. The molecule has 2 aromatic rings. The summed E-state index contributed by atoms with van der Waals surface area (Å²) in [6.07, 6.45) is 2.37. The summed E-state index contributed by atoms with van der Waals surface area (Å²) in [7, 11) is -2.92. The number of H-pyrrole nitrogens is 1. The molecular weight excluding hydrogens is 362 g/mol. The monoisotopic (exact) mass is 389 g/mol. The minimum absolute atomic E-state index is 0.0477. The number of nitrogens with one attached hydrogen (secondary N) is 1. The van der Waals surface area contributed by atoms with E-state index in [1.165, 1.54) is 0 Å². The zero-order valence-corrected chi connectivity index (χ0v) is 16.8. The highest BCUT2D eigenvalue weighted by molar-refractivity contribution is 7.91. The van der Waals surface area contributed by atoms with Crippen molar-refractivity contribution in [2.24, 2.45) is 0 Å². The lowest BCUT2D eigenvalue weighted by atomic mass is 10.0. The molecule has 0 bridgehead atoms. The van der Waals surface area contributed by atoms with Crippen LogP contribution in [-0.4, -0.2) is 47.4 Å². The molecule has 27 heavy (non-hydrogen) atoms. The largest absolute Gasteiger partial charge is 0.307 e. The molecule has 1 aliphatic rings. The van der Waals surface area contributed by atoms with Gasteiger partial charge in [0.25, 0.3) is 5.56 Å². The normalized spacial score (nSPS) is 18.9. The molecule has 3 rings (SSSR count). The van der Waals surface area contributed by atoms with Gasteiger partial charge in [-0.2, -0.15) is 0 Å². The Hall–Kier alpha value is -1.99. The number of aryl methyl sites for hydroxylation is 1. The Labute approximate surface area is 160 Å². The van der Waals surface area contributed by atoms with Crippen LogP contribution in [0.5, 0.6) is 0 Å². The second kappa shape index (κ2) is 8.35. The van der Waals surface area contributed by atoms with E-state index in [0.717, 1.165) is 36.2 Å². The van der Waals surface area contributed by atoms with E-state index in [-0.39, 0.29) is 23.1 Å². The molecule has 146 valence electrons. The Morgan fingerprint density at radius 1 is 1.26 bits per heavy atom. The lowest BCUT2D eigenvalue weighted by Gasteiger charge is -2.27. The third-order valence-corrected chi connectivity index (χ3v) is 6.83. The fraction of sp³-hybridized carbons (Fsp3) is 0.500. The van der Waals surface area contributed by atoms with Crippen molar-refractivity contribution in [2.75, 3.05) is 18.1 Å². The maximum Gasteiger partial charge on any atom is 0.251 e. The van der Waals surface area contributed by atoms with Crippen molar-refractivity contribution in [1.29, 1.82) is 0 Å². The lowest BCUT2D eigenvalue weighted by Crippen LogP contribution is -2.35. The van der Waals surface area contributed by atoms with Gasteiger partial charge in [-0.1, -0.05) is 44.5 Å². The minimum Gasteiger partial charge on any atom is -0.307 e. The van der Waals surface area contributed by atoms with Gasteiger partial charge in [-0.05, 0) is 24.9 Å². The Morgan fingerprint density at radius 2 is 2.04 bits per heavy atom. The topological polar surface area (TPSA) is 83.1 Å². The Kier molecular flexibility index (Phi) is 6.11. The molecule has 6 nitrogen and oxygen atoms in total. The van der Waals surface area contributed by atoms with Crippen LogP contribution in [0.4, 0.5) is 0 Å². The van der Waals surface area contributed by atoms with Crippen LogP contribution in [0.1, 0.15) is 37.9 Å². The van der Waals surface area contributed by atoms with Crippen LogP contribution in [0.2, 0.25) is 0 Å². The second-order valence-electron chi connectivity index (χ2n) is 7.11. The summed E-state index contributed by atoms with van der Waals surface area (Å²) in [6, 6.07) is 9.48. The molecule has 1 atom stereocenters. The molecule has 1 aliphatic heterocycles. The molecule has 1 N–H and O–H groups in total. The summed E-state index contributed by atoms with van der Waals surface area (Å²) in [4.78, 5) is 21.8. The van der Waals surface area contributed by atoms with Gasteiger partial charge >= 0.3 is 0 Å². The second-order valence-corrected chi connectivity index (χ2v) is 9.34. The fourth-order valence-corrected chi connectivity index (χ4v) is 5.45. The van der Waals surface area contributed by atoms with Crippen molar-refractivity contribution < 1.29 is 8.42 Å².